The molecule has 100 valence electrons. The number of nitrogens with zero attached hydrogens (tertiary/aromatic N) is 1. The molecule has 1 aromatic carbocycles. The van der Waals surface area contributed by atoms with Gasteiger partial charge in [0, 0.05) is 6.04 Å². The summed E-state index contributed by atoms with van der Waals surface area (Å²) in [6, 6.07) is 7.93. The number of hydrogen-bond acceptors (Lipinski definition) is 3. The minimum atomic E-state index is -0.711. The summed E-state index contributed by atoms with van der Waals surface area (Å²) in [5.74, 6) is -0.974. The molecule has 2 N–H and O–H groups in total. The van der Waals surface area contributed by atoms with Crippen LogP contribution in [0.2, 0.25) is 0 Å². The molecule has 0 radical (unpaired) electrons. The van der Waals surface area contributed by atoms with E-state index in [0.717, 1.165) is 30.5 Å². The maximum absolute atomic E-state index is 11.1. The van der Waals surface area contributed by atoms with Crippen molar-refractivity contribution in [1.82, 2.24) is 0 Å². The minimum Gasteiger partial charge on any atom is -0.481 e. The largest absolute Gasteiger partial charge is 0.481 e. The molecular formula is C15H18N2O2. The molecule has 2 unspecified atom stereocenters. The van der Waals surface area contributed by atoms with Crippen molar-refractivity contribution in [3.8, 4) is 6.07 Å². The van der Waals surface area contributed by atoms with Gasteiger partial charge in [-0.05, 0) is 37.8 Å². The predicted molar refractivity (Wildman–Crippen MR) is 72.9 cm³/mol. The highest BCUT2D eigenvalue weighted by Gasteiger charge is 2.27. The van der Waals surface area contributed by atoms with Gasteiger partial charge in [0.1, 0.15) is 6.07 Å². The Balaban J connectivity index is 2.13. The first-order valence-electron chi connectivity index (χ1n) is 6.61. The number of rotatable bonds is 3. The second kappa shape index (κ2) is 5.75. The Kier molecular flexibility index (Phi) is 4.06. The molecule has 0 bridgehead atoms. The fraction of sp³-hybridized carbons (Fsp3) is 0.467. The van der Waals surface area contributed by atoms with E-state index in [1.807, 2.05) is 19.1 Å². The van der Waals surface area contributed by atoms with E-state index in [1.165, 1.54) is 0 Å². The zero-order valence-corrected chi connectivity index (χ0v) is 11.0. The summed E-state index contributed by atoms with van der Waals surface area (Å²) in [5, 5.41) is 21.6. The predicted octanol–water partition coefficient (Wildman–Crippen LogP) is 2.92. The molecule has 2 rings (SSSR count). The third-order valence-electron chi connectivity index (χ3n) is 3.77. The Morgan fingerprint density at radius 3 is 2.95 bits per heavy atom. The molecule has 4 heteroatoms. The number of aryl methyl sites for hydroxylation is 1. The van der Waals surface area contributed by atoms with Crippen molar-refractivity contribution in [3.05, 3.63) is 29.3 Å². The molecule has 1 saturated carbocycles. The van der Waals surface area contributed by atoms with Crippen molar-refractivity contribution < 1.29 is 9.90 Å². The first-order valence-corrected chi connectivity index (χ1v) is 6.61. The van der Waals surface area contributed by atoms with Crippen molar-refractivity contribution in [3.63, 3.8) is 0 Å². The van der Waals surface area contributed by atoms with Gasteiger partial charge >= 0.3 is 5.97 Å². The first kappa shape index (κ1) is 13.4. The second-order valence-electron chi connectivity index (χ2n) is 5.15. The molecule has 0 aliphatic heterocycles. The molecule has 4 nitrogen and oxygen atoms in total. The van der Waals surface area contributed by atoms with Gasteiger partial charge in [0.15, 0.2) is 0 Å². The molecule has 1 aromatic rings. The summed E-state index contributed by atoms with van der Waals surface area (Å²) in [5.41, 5.74) is 2.50. The quantitative estimate of drug-likeness (QED) is 0.874. The number of hydrogen-bond donors (Lipinski definition) is 2. The Labute approximate surface area is 113 Å². The molecule has 0 saturated heterocycles. The SMILES string of the molecule is Cc1cccc(C#N)c1NC1CCCC(C(=O)O)C1. The van der Waals surface area contributed by atoms with E-state index in [9.17, 15) is 4.79 Å². The monoisotopic (exact) mass is 258 g/mol. The molecule has 19 heavy (non-hydrogen) atoms. The van der Waals surface area contributed by atoms with Crippen LogP contribution in [-0.4, -0.2) is 17.1 Å². The van der Waals surface area contributed by atoms with Crippen LogP contribution in [0.15, 0.2) is 18.2 Å². The van der Waals surface area contributed by atoms with Crippen molar-refractivity contribution >= 4 is 11.7 Å². The summed E-state index contributed by atoms with van der Waals surface area (Å²) >= 11 is 0. The normalized spacial score (nSPS) is 22.5. The maximum atomic E-state index is 11.1. The minimum absolute atomic E-state index is 0.142. The van der Waals surface area contributed by atoms with E-state index < -0.39 is 5.97 Å². The number of nitrogens with one attached hydrogen (secondary N) is 1. The van der Waals surface area contributed by atoms with Crippen LogP contribution in [0.25, 0.3) is 0 Å². The van der Waals surface area contributed by atoms with E-state index >= 15 is 0 Å². The highest BCUT2D eigenvalue weighted by Crippen LogP contribution is 2.29. The van der Waals surface area contributed by atoms with Crippen LogP contribution in [0, 0.1) is 24.2 Å². The fourth-order valence-corrected chi connectivity index (χ4v) is 2.70. The highest BCUT2D eigenvalue weighted by molar-refractivity contribution is 5.70. The van der Waals surface area contributed by atoms with Crippen LogP contribution in [0.5, 0.6) is 0 Å². The van der Waals surface area contributed by atoms with Crippen LogP contribution in [0.1, 0.15) is 36.8 Å². The lowest BCUT2D eigenvalue weighted by molar-refractivity contribution is -0.142. The lowest BCUT2D eigenvalue weighted by Gasteiger charge is -2.29. The molecule has 0 spiro atoms. The Morgan fingerprint density at radius 2 is 2.26 bits per heavy atom. The first-order chi connectivity index (χ1) is 9.11. The standard InChI is InChI=1S/C15H18N2O2/c1-10-4-2-6-12(9-16)14(10)17-13-7-3-5-11(8-13)15(18)19/h2,4,6,11,13,17H,3,5,7-8H2,1H3,(H,18,19). The van der Waals surface area contributed by atoms with Gasteiger partial charge in [-0.25, -0.2) is 0 Å². The van der Waals surface area contributed by atoms with Gasteiger partial charge in [-0.1, -0.05) is 18.6 Å². The van der Waals surface area contributed by atoms with Crippen LogP contribution in [0.3, 0.4) is 0 Å². The Hall–Kier alpha value is -2.02. The van der Waals surface area contributed by atoms with Crippen LogP contribution in [-0.2, 0) is 4.79 Å². The summed E-state index contributed by atoms with van der Waals surface area (Å²) in [4.78, 5) is 11.1. The van der Waals surface area contributed by atoms with E-state index in [-0.39, 0.29) is 12.0 Å². The molecule has 0 heterocycles. The van der Waals surface area contributed by atoms with Gasteiger partial charge in [0.05, 0.1) is 17.2 Å². The molecule has 0 aromatic heterocycles. The summed E-state index contributed by atoms with van der Waals surface area (Å²) < 4.78 is 0. The molecule has 0 amide bonds. The second-order valence-corrected chi connectivity index (χ2v) is 5.15. The molecule has 1 aliphatic carbocycles. The summed E-state index contributed by atoms with van der Waals surface area (Å²) in [6.07, 6.45) is 3.27. The average Bonchev–Trinajstić information content (AvgIpc) is 2.41. The van der Waals surface area contributed by atoms with Crippen molar-refractivity contribution in [1.29, 1.82) is 5.26 Å². The van der Waals surface area contributed by atoms with Crippen molar-refractivity contribution in [2.24, 2.45) is 5.92 Å². The van der Waals surface area contributed by atoms with Crippen molar-refractivity contribution in [2.45, 2.75) is 38.6 Å². The number of anilines is 1. The van der Waals surface area contributed by atoms with Gasteiger partial charge < -0.3 is 10.4 Å². The van der Waals surface area contributed by atoms with Gasteiger partial charge in [-0.2, -0.15) is 5.26 Å². The average molecular weight is 258 g/mol. The van der Waals surface area contributed by atoms with Crippen LogP contribution >= 0.6 is 0 Å². The van der Waals surface area contributed by atoms with Crippen molar-refractivity contribution in [2.75, 3.05) is 5.32 Å². The number of carboxylic acids is 1. The fourth-order valence-electron chi connectivity index (χ4n) is 2.70. The van der Waals surface area contributed by atoms with E-state index in [0.29, 0.717) is 12.0 Å². The third kappa shape index (κ3) is 3.05. The van der Waals surface area contributed by atoms with Gasteiger partial charge in [-0.3, -0.25) is 4.79 Å². The number of para-hydroxylation sites is 1. The van der Waals surface area contributed by atoms with Gasteiger partial charge in [-0.15, -0.1) is 0 Å². The van der Waals surface area contributed by atoms with Crippen LogP contribution in [0.4, 0.5) is 5.69 Å². The maximum Gasteiger partial charge on any atom is 0.306 e. The van der Waals surface area contributed by atoms with E-state index in [4.69, 9.17) is 10.4 Å². The highest BCUT2D eigenvalue weighted by atomic mass is 16.4. The van der Waals surface area contributed by atoms with Crippen LogP contribution < -0.4 is 5.32 Å². The van der Waals surface area contributed by atoms with Gasteiger partial charge in [0.2, 0.25) is 0 Å². The number of benzene rings is 1. The van der Waals surface area contributed by atoms with E-state index in [1.54, 1.807) is 6.07 Å². The Morgan fingerprint density at radius 1 is 1.47 bits per heavy atom. The van der Waals surface area contributed by atoms with E-state index in [2.05, 4.69) is 11.4 Å². The molecular weight excluding hydrogens is 240 g/mol. The lowest BCUT2D eigenvalue weighted by atomic mass is 9.85. The van der Waals surface area contributed by atoms with Gasteiger partial charge in [0.25, 0.3) is 0 Å². The number of aliphatic carboxylic acids is 1. The molecule has 1 fully saturated rings. The smallest absolute Gasteiger partial charge is 0.306 e. The number of carboxylic acid groups (broad SMARTS) is 1. The third-order valence-corrected chi connectivity index (χ3v) is 3.77. The Bertz CT molecular complexity index is 519. The molecule has 2 atom stereocenters. The summed E-state index contributed by atoms with van der Waals surface area (Å²) in [7, 11) is 0. The lowest BCUT2D eigenvalue weighted by Crippen LogP contribution is -2.31. The number of carbonyl (C=O) groups is 1. The molecule has 1 aliphatic rings. The number of nitriles is 1. The zero-order chi connectivity index (χ0) is 13.8. The zero-order valence-electron chi connectivity index (χ0n) is 11.0. The summed E-state index contributed by atoms with van der Waals surface area (Å²) in [6.45, 7) is 1.96. The topological polar surface area (TPSA) is 73.1 Å².